The highest BCUT2D eigenvalue weighted by Gasteiger charge is 2.25. The summed E-state index contributed by atoms with van der Waals surface area (Å²) in [6, 6.07) is 9.24. The highest BCUT2D eigenvalue weighted by molar-refractivity contribution is 6.30. The molecule has 0 radical (unpaired) electrons. The number of aryl methyl sites for hydroxylation is 2. The summed E-state index contributed by atoms with van der Waals surface area (Å²) >= 11 is 6.40. The normalized spacial score (nSPS) is 15.2. The number of carbonyl (C=O) groups excluding carboxylic acids is 1. The Morgan fingerprint density at radius 1 is 1.26 bits per heavy atom. The van der Waals surface area contributed by atoms with E-state index in [2.05, 4.69) is 20.4 Å². The van der Waals surface area contributed by atoms with Gasteiger partial charge in [-0.25, -0.2) is 4.68 Å². The van der Waals surface area contributed by atoms with Gasteiger partial charge in [0.15, 0.2) is 0 Å². The third-order valence-corrected chi connectivity index (χ3v) is 6.29. The van der Waals surface area contributed by atoms with Gasteiger partial charge in [-0.2, -0.15) is 10.2 Å². The number of nitrogens with zero attached hydrogens (tertiary/aromatic N) is 5. The fourth-order valence-corrected chi connectivity index (χ4v) is 4.35. The number of amides is 1. The summed E-state index contributed by atoms with van der Waals surface area (Å²) in [7, 11) is 3.42. The average molecular weight is 443 g/mol. The van der Waals surface area contributed by atoms with E-state index in [1.165, 1.54) is 0 Å². The molecule has 0 atom stereocenters. The molecule has 1 fully saturated rings. The number of ether oxygens (including phenoxy) is 1. The molecule has 1 saturated heterocycles. The number of hydrogen-bond donors (Lipinski definition) is 1. The van der Waals surface area contributed by atoms with E-state index in [0.717, 1.165) is 43.7 Å². The fraction of sp³-hybridized carbons (Fsp3) is 0.409. The maximum absolute atomic E-state index is 12.8. The van der Waals surface area contributed by atoms with Crippen LogP contribution in [0.2, 0.25) is 5.15 Å². The molecule has 8 nitrogen and oxygen atoms in total. The Hall–Kier alpha value is -2.84. The molecule has 0 unspecified atom stereocenters. The molecule has 0 bridgehead atoms. The van der Waals surface area contributed by atoms with Crippen molar-refractivity contribution in [2.75, 3.05) is 25.5 Å². The van der Waals surface area contributed by atoms with E-state index in [4.69, 9.17) is 16.3 Å². The van der Waals surface area contributed by atoms with Gasteiger partial charge in [0, 0.05) is 38.3 Å². The number of rotatable bonds is 6. The molecule has 31 heavy (non-hydrogen) atoms. The monoisotopic (exact) mass is 442 g/mol. The van der Waals surface area contributed by atoms with Crippen LogP contribution in [0.5, 0.6) is 5.75 Å². The summed E-state index contributed by atoms with van der Waals surface area (Å²) < 4.78 is 8.95. The zero-order valence-electron chi connectivity index (χ0n) is 18.0. The molecular formula is C22H27ClN6O2. The van der Waals surface area contributed by atoms with Gasteiger partial charge >= 0.3 is 0 Å². The lowest BCUT2D eigenvalue weighted by Gasteiger charge is -2.32. The minimum atomic E-state index is -0.210. The zero-order valence-corrected chi connectivity index (χ0v) is 18.8. The number of aromatic nitrogens is 4. The highest BCUT2D eigenvalue weighted by Crippen LogP contribution is 2.28. The van der Waals surface area contributed by atoms with Crippen molar-refractivity contribution < 1.29 is 9.53 Å². The topological polar surface area (TPSA) is 77.2 Å². The quantitative estimate of drug-likeness (QED) is 0.630. The summed E-state index contributed by atoms with van der Waals surface area (Å²) in [4.78, 5) is 15.2. The Bertz CT molecular complexity index is 1070. The van der Waals surface area contributed by atoms with Crippen LogP contribution in [-0.4, -0.2) is 50.6 Å². The molecule has 0 saturated carbocycles. The standard InChI is InChI=1S/C22H27ClN6O2/c1-15-18(21(23)27(2)26-15)14-28-12-9-16(10-13-28)29-20(8-11-24-29)25-22(30)17-6-4-5-7-19(17)31-3/h4-8,11,16H,9-10,12-14H2,1-3H3,(H,25,30). The maximum atomic E-state index is 12.8. The van der Waals surface area contributed by atoms with Crippen molar-refractivity contribution in [3.63, 3.8) is 0 Å². The summed E-state index contributed by atoms with van der Waals surface area (Å²) in [6.45, 7) is 4.64. The number of hydrogen-bond acceptors (Lipinski definition) is 5. The second-order valence-corrected chi connectivity index (χ2v) is 8.16. The zero-order chi connectivity index (χ0) is 22.0. The molecule has 1 amide bonds. The van der Waals surface area contributed by atoms with Crippen LogP contribution < -0.4 is 10.1 Å². The Morgan fingerprint density at radius 2 is 2.00 bits per heavy atom. The molecule has 9 heteroatoms. The molecule has 0 aliphatic carbocycles. The molecule has 1 aliphatic rings. The number of anilines is 1. The Balaban J connectivity index is 1.40. The maximum Gasteiger partial charge on any atom is 0.260 e. The first-order valence-electron chi connectivity index (χ1n) is 10.4. The summed E-state index contributed by atoms with van der Waals surface area (Å²) in [5.41, 5.74) is 2.56. The minimum absolute atomic E-state index is 0.210. The van der Waals surface area contributed by atoms with Crippen LogP contribution in [0.15, 0.2) is 36.5 Å². The van der Waals surface area contributed by atoms with Gasteiger partial charge in [-0.1, -0.05) is 23.7 Å². The predicted octanol–water partition coefficient (Wildman–Crippen LogP) is 3.68. The van der Waals surface area contributed by atoms with Gasteiger partial charge in [0.05, 0.1) is 30.6 Å². The molecule has 1 aliphatic heterocycles. The number of likely N-dealkylation sites (tertiary alicyclic amines) is 1. The van der Waals surface area contributed by atoms with Gasteiger partial charge in [-0.05, 0) is 31.9 Å². The van der Waals surface area contributed by atoms with E-state index in [1.54, 1.807) is 30.1 Å². The van der Waals surface area contributed by atoms with Crippen molar-refractivity contribution in [2.45, 2.75) is 32.4 Å². The number of nitrogens with one attached hydrogen (secondary N) is 1. The van der Waals surface area contributed by atoms with E-state index in [0.29, 0.717) is 22.3 Å². The fourth-order valence-electron chi connectivity index (χ4n) is 4.12. The van der Waals surface area contributed by atoms with Crippen LogP contribution in [0.4, 0.5) is 5.82 Å². The van der Waals surface area contributed by atoms with Gasteiger partial charge < -0.3 is 10.1 Å². The Labute approximate surface area is 186 Å². The predicted molar refractivity (Wildman–Crippen MR) is 120 cm³/mol. The first kappa shape index (κ1) is 21.4. The first-order chi connectivity index (χ1) is 15.0. The van der Waals surface area contributed by atoms with Crippen molar-refractivity contribution in [3.8, 4) is 5.75 Å². The van der Waals surface area contributed by atoms with E-state index in [1.807, 2.05) is 36.9 Å². The van der Waals surface area contributed by atoms with Gasteiger partial charge in [0.25, 0.3) is 5.91 Å². The Morgan fingerprint density at radius 3 is 2.68 bits per heavy atom. The Kier molecular flexibility index (Phi) is 6.29. The van der Waals surface area contributed by atoms with Crippen LogP contribution in [0.25, 0.3) is 0 Å². The second-order valence-electron chi connectivity index (χ2n) is 7.80. The van der Waals surface area contributed by atoms with Crippen LogP contribution >= 0.6 is 11.6 Å². The number of benzene rings is 1. The first-order valence-corrected chi connectivity index (χ1v) is 10.7. The smallest absolute Gasteiger partial charge is 0.260 e. The molecule has 1 N–H and O–H groups in total. The van der Waals surface area contributed by atoms with Crippen LogP contribution in [0.3, 0.4) is 0 Å². The number of carbonyl (C=O) groups is 1. The van der Waals surface area contributed by atoms with Gasteiger partial charge in [-0.3, -0.25) is 14.4 Å². The van der Waals surface area contributed by atoms with Crippen molar-refractivity contribution in [1.29, 1.82) is 0 Å². The number of halogens is 1. The lowest BCUT2D eigenvalue weighted by molar-refractivity contribution is 0.102. The van der Waals surface area contributed by atoms with E-state index >= 15 is 0 Å². The second kappa shape index (κ2) is 9.11. The van der Waals surface area contributed by atoms with Crippen molar-refractivity contribution in [1.82, 2.24) is 24.5 Å². The van der Waals surface area contributed by atoms with Crippen LogP contribution in [0, 0.1) is 6.92 Å². The van der Waals surface area contributed by atoms with Crippen molar-refractivity contribution in [3.05, 3.63) is 58.5 Å². The lowest BCUT2D eigenvalue weighted by atomic mass is 10.0. The minimum Gasteiger partial charge on any atom is -0.496 e. The molecule has 3 aromatic rings. The van der Waals surface area contributed by atoms with Crippen molar-refractivity contribution >= 4 is 23.3 Å². The van der Waals surface area contributed by atoms with Crippen LogP contribution in [0.1, 0.15) is 40.5 Å². The molecule has 4 rings (SSSR count). The third-order valence-electron chi connectivity index (χ3n) is 5.82. The van der Waals surface area contributed by atoms with Crippen LogP contribution in [-0.2, 0) is 13.6 Å². The molecular weight excluding hydrogens is 416 g/mol. The van der Waals surface area contributed by atoms with E-state index < -0.39 is 0 Å². The third kappa shape index (κ3) is 4.45. The molecule has 164 valence electrons. The molecule has 1 aromatic carbocycles. The lowest BCUT2D eigenvalue weighted by Crippen LogP contribution is -2.35. The molecule has 0 spiro atoms. The number of piperidine rings is 1. The van der Waals surface area contributed by atoms with Gasteiger partial charge in [0.1, 0.15) is 16.7 Å². The van der Waals surface area contributed by atoms with E-state index in [9.17, 15) is 4.79 Å². The largest absolute Gasteiger partial charge is 0.496 e. The van der Waals surface area contributed by atoms with Crippen molar-refractivity contribution in [2.24, 2.45) is 7.05 Å². The SMILES string of the molecule is COc1ccccc1C(=O)Nc1ccnn1C1CCN(Cc2c(C)nn(C)c2Cl)CC1. The average Bonchev–Trinajstić information content (AvgIpc) is 3.33. The van der Waals surface area contributed by atoms with Gasteiger partial charge in [-0.15, -0.1) is 0 Å². The summed E-state index contributed by atoms with van der Waals surface area (Å²) in [5, 5.41) is 12.6. The van der Waals surface area contributed by atoms with E-state index in [-0.39, 0.29) is 11.9 Å². The summed E-state index contributed by atoms with van der Waals surface area (Å²) in [5.74, 6) is 1.03. The molecule has 3 heterocycles. The van der Waals surface area contributed by atoms with Gasteiger partial charge in [0.2, 0.25) is 0 Å². The summed E-state index contributed by atoms with van der Waals surface area (Å²) in [6.07, 6.45) is 3.61. The highest BCUT2D eigenvalue weighted by atomic mass is 35.5. The number of para-hydroxylation sites is 1. The molecule has 2 aromatic heterocycles. The number of methoxy groups -OCH3 is 1.